The van der Waals surface area contributed by atoms with Gasteiger partial charge in [0.05, 0.1) is 7.11 Å². The van der Waals surface area contributed by atoms with Gasteiger partial charge in [0.1, 0.15) is 17.2 Å². The standard InChI is InChI=1S/C24H23NO5/c1-3-17-5-4-6-22(15-17)29-16-23(26)30-21-11-7-18(8-12-21)24(27)25-19-9-13-20(28-2)14-10-19/h4-15H,3,16H2,1-2H3,(H,25,27). The lowest BCUT2D eigenvalue weighted by atomic mass is 10.2. The fourth-order valence-corrected chi connectivity index (χ4v) is 2.71. The van der Waals surface area contributed by atoms with Crippen LogP contribution in [0.15, 0.2) is 72.8 Å². The van der Waals surface area contributed by atoms with Crippen LogP contribution in [0.1, 0.15) is 22.8 Å². The van der Waals surface area contributed by atoms with Gasteiger partial charge in [-0.1, -0.05) is 19.1 Å². The summed E-state index contributed by atoms with van der Waals surface area (Å²) in [7, 11) is 1.58. The first kappa shape index (κ1) is 20.9. The van der Waals surface area contributed by atoms with Gasteiger partial charge in [0, 0.05) is 11.3 Å². The van der Waals surface area contributed by atoms with Crippen LogP contribution in [0.4, 0.5) is 5.69 Å². The minimum atomic E-state index is -0.521. The van der Waals surface area contributed by atoms with E-state index in [2.05, 4.69) is 5.32 Å². The van der Waals surface area contributed by atoms with Crippen LogP contribution in [0.2, 0.25) is 0 Å². The van der Waals surface area contributed by atoms with Crippen molar-refractivity contribution in [2.24, 2.45) is 0 Å². The Hall–Kier alpha value is -3.80. The fraction of sp³-hybridized carbons (Fsp3) is 0.167. The van der Waals surface area contributed by atoms with Gasteiger partial charge in [0.15, 0.2) is 6.61 Å². The van der Waals surface area contributed by atoms with Crippen molar-refractivity contribution < 1.29 is 23.8 Å². The van der Waals surface area contributed by atoms with Crippen molar-refractivity contribution in [3.8, 4) is 17.2 Å². The lowest BCUT2D eigenvalue weighted by Gasteiger charge is -2.09. The predicted octanol–water partition coefficient (Wildman–Crippen LogP) is 4.49. The number of anilines is 1. The number of esters is 1. The molecule has 0 heterocycles. The molecular weight excluding hydrogens is 382 g/mol. The van der Waals surface area contributed by atoms with Gasteiger partial charge in [-0.15, -0.1) is 0 Å². The minimum Gasteiger partial charge on any atom is -0.497 e. The van der Waals surface area contributed by atoms with Crippen LogP contribution in [-0.4, -0.2) is 25.6 Å². The van der Waals surface area contributed by atoms with Crippen LogP contribution >= 0.6 is 0 Å². The fourth-order valence-electron chi connectivity index (χ4n) is 2.71. The normalized spacial score (nSPS) is 10.2. The molecule has 3 rings (SSSR count). The summed E-state index contributed by atoms with van der Waals surface area (Å²) in [6.45, 7) is 1.85. The zero-order valence-electron chi connectivity index (χ0n) is 16.9. The topological polar surface area (TPSA) is 73.9 Å². The lowest BCUT2D eigenvalue weighted by molar-refractivity contribution is -0.136. The van der Waals surface area contributed by atoms with E-state index in [1.54, 1.807) is 61.7 Å². The number of hydrogen-bond acceptors (Lipinski definition) is 5. The molecule has 1 amide bonds. The molecule has 0 unspecified atom stereocenters. The molecule has 0 aliphatic carbocycles. The molecule has 0 aromatic heterocycles. The van der Waals surface area contributed by atoms with Crippen LogP contribution in [0.3, 0.4) is 0 Å². The van der Waals surface area contributed by atoms with E-state index in [1.807, 2.05) is 25.1 Å². The molecule has 3 aromatic carbocycles. The average Bonchev–Trinajstić information content (AvgIpc) is 2.79. The summed E-state index contributed by atoms with van der Waals surface area (Å²) in [5.74, 6) is 0.884. The maximum Gasteiger partial charge on any atom is 0.349 e. The van der Waals surface area contributed by atoms with Gasteiger partial charge in [0.25, 0.3) is 5.91 Å². The van der Waals surface area contributed by atoms with E-state index >= 15 is 0 Å². The molecule has 0 aliphatic rings. The molecule has 1 N–H and O–H groups in total. The zero-order valence-corrected chi connectivity index (χ0v) is 16.9. The molecule has 0 saturated heterocycles. The van der Waals surface area contributed by atoms with E-state index < -0.39 is 5.97 Å². The largest absolute Gasteiger partial charge is 0.497 e. The number of ether oxygens (including phenoxy) is 3. The molecule has 0 bridgehead atoms. The predicted molar refractivity (Wildman–Crippen MR) is 114 cm³/mol. The second kappa shape index (κ2) is 10.1. The zero-order chi connectivity index (χ0) is 21.3. The van der Waals surface area contributed by atoms with Crippen LogP contribution in [0, 0.1) is 0 Å². The van der Waals surface area contributed by atoms with Crippen LogP contribution in [0.25, 0.3) is 0 Å². The van der Waals surface area contributed by atoms with E-state index in [0.29, 0.717) is 28.5 Å². The molecule has 6 heteroatoms. The van der Waals surface area contributed by atoms with Crippen molar-refractivity contribution in [3.05, 3.63) is 83.9 Å². The van der Waals surface area contributed by atoms with Crippen molar-refractivity contribution in [2.75, 3.05) is 19.0 Å². The lowest BCUT2D eigenvalue weighted by Crippen LogP contribution is -2.18. The summed E-state index contributed by atoms with van der Waals surface area (Å²) in [6.07, 6.45) is 0.889. The van der Waals surface area contributed by atoms with Gasteiger partial charge in [-0.25, -0.2) is 4.79 Å². The Morgan fingerprint density at radius 3 is 2.23 bits per heavy atom. The summed E-state index contributed by atoms with van der Waals surface area (Å²) in [4.78, 5) is 24.4. The summed E-state index contributed by atoms with van der Waals surface area (Å²) < 4.78 is 15.8. The van der Waals surface area contributed by atoms with E-state index in [9.17, 15) is 9.59 Å². The van der Waals surface area contributed by atoms with Crippen molar-refractivity contribution in [3.63, 3.8) is 0 Å². The molecule has 0 saturated carbocycles. The number of hydrogen-bond donors (Lipinski definition) is 1. The number of methoxy groups -OCH3 is 1. The van der Waals surface area contributed by atoms with Crippen LogP contribution in [0.5, 0.6) is 17.2 Å². The Morgan fingerprint density at radius 2 is 1.57 bits per heavy atom. The molecular formula is C24H23NO5. The van der Waals surface area contributed by atoms with Crippen molar-refractivity contribution >= 4 is 17.6 Å². The van der Waals surface area contributed by atoms with Crippen molar-refractivity contribution in [2.45, 2.75) is 13.3 Å². The number of aryl methyl sites for hydroxylation is 1. The molecule has 0 fully saturated rings. The highest BCUT2D eigenvalue weighted by atomic mass is 16.6. The van der Waals surface area contributed by atoms with Gasteiger partial charge in [0.2, 0.25) is 0 Å². The van der Waals surface area contributed by atoms with Crippen LogP contribution < -0.4 is 19.5 Å². The van der Waals surface area contributed by atoms with E-state index in [0.717, 1.165) is 12.0 Å². The highest BCUT2D eigenvalue weighted by molar-refractivity contribution is 6.04. The van der Waals surface area contributed by atoms with Crippen molar-refractivity contribution in [1.29, 1.82) is 0 Å². The minimum absolute atomic E-state index is 0.202. The summed E-state index contributed by atoms with van der Waals surface area (Å²) >= 11 is 0. The second-order valence-electron chi connectivity index (χ2n) is 6.47. The number of nitrogens with one attached hydrogen (secondary N) is 1. The number of amides is 1. The molecule has 0 spiro atoms. The Balaban J connectivity index is 1.51. The van der Waals surface area contributed by atoms with E-state index in [-0.39, 0.29) is 12.5 Å². The van der Waals surface area contributed by atoms with Gasteiger partial charge >= 0.3 is 5.97 Å². The number of rotatable bonds is 8. The third-order valence-electron chi connectivity index (χ3n) is 4.36. The van der Waals surface area contributed by atoms with Gasteiger partial charge < -0.3 is 19.5 Å². The highest BCUT2D eigenvalue weighted by Crippen LogP contribution is 2.18. The molecule has 0 atom stereocenters. The molecule has 6 nitrogen and oxygen atoms in total. The van der Waals surface area contributed by atoms with Gasteiger partial charge in [-0.3, -0.25) is 4.79 Å². The quantitative estimate of drug-likeness (QED) is 0.441. The average molecular weight is 405 g/mol. The smallest absolute Gasteiger partial charge is 0.349 e. The molecule has 0 radical (unpaired) electrons. The van der Waals surface area contributed by atoms with Gasteiger partial charge in [-0.05, 0) is 72.6 Å². The molecule has 3 aromatic rings. The van der Waals surface area contributed by atoms with E-state index in [1.165, 1.54) is 0 Å². The Morgan fingerprint density at radius 1 is 0.867 bits per heavy atom. The second-order valence-corrected chi connectivity index (χ2v) is 6.47. The maximum atomic E-state index is 12.3. The summed E-state index contributed by atoms with van der Waals surface area (Å²) in [5.41, 5.74) is 2.23. The van der Waals surface area contributed by atoms with E-state index in [4.69, 9.17) is 14.2 Å². The van der Waals surface area contributed by atoms with Crippen LogP contribution in [-0.2, 0) is 11.2 Å². The van der Waals surface area contributed by atoms with Gasteiger partial charge in [-0.2, -0.15) is 0 Å². The SMILES string of the molecule is CCc1cccc(OCC(=O)Oc2ccc(C(=O)Nc3ccc(OC)cc3)cc2)c1. The Bertz CT molecular complexity index is 997. The number of carbonyl (C=O) groups excluding carboxylic acids is 2. The third kappa shape index (κ3) is 5.85. The Kier molecular flexibility index (Phi) is 7.05. The first-order valence-corrected chi connectivity index (χ1v) is 9.55. The summed E-state index contributed by atoms with van der Waals surface area (Å²) in [5, 5.41) is 2.80. The monoisotopic (exact) mass is 405 g/mol. The maximum absolute atomic E-state index is 12.3. The molecule has 154 valence electrons. The first-order chi connectivity index (χ1) is 14.6. The Labute approximate surface area is 175 Å². The number of carbonyl (C=O) groups is 2. The van der Waals surface area contributed by atoms with Crippen molar-refractivity contribution in [1.82, 2.24) is 0 Å². The highest BCUT2D eigenvalue weighted by Gasteiger charge is 2.10. The molecule has 30 heavy (non-hydrogen) atoms. The molecule has 0 aliphatic heterocycles. The summed E-state index contributed by atoms with van der Waals surface area (Å²) in [6, 6.07) is 20.9. The third-order valence-corrected chi connectivity index (χ3v) is 4.36. The first-order valence-electron chi connectivity index (χ1n) is 9.55. The number of benzene rings is 3.